The zero-order valence-electron chi connectivity index (χ0n) is 10.7. The summed E-state index contributed by atoms with van der Waals surface area (Å²) < 4.78 is 2.12. The van der Waals surface area contributed by atoms with Crippen LogP contribution in [-0.4, -0.2) is 26.8 Å². The fraction of sp³-hybridized carbons (Fsp3) is 0.769. The van der Waals surface area contributed by atoms with Gasteiger partial charge < -0.3 is 15.0 Å². The van der Waals surface area contributed by atoms with Gasteiger partial charge in [0.15, 0.2) is 0 Å². The van der Waals surface area contributed by atoms with Crippen LogP contribution in [0.3, 0.4) is 0 Å². The highest BCUT2D eigenvalue weighted by Gasteiger charge is 2.28. The first-order valence-corrected chi connectivity index (χ1v) is 6.67. The second kappa shape index (κ2) is 5.65. The molecule has 0 aliphatic heterocycles. The normalized spacial score (nSPS) is 19.4. The highest BCUT2D eigenvalue weighted by molar-refractivity contribution is 4.93. The van der Waals surface area contributed by atoms with E-state index in [4.69, 9.17) is 0 Å². The van der Waals surface area contributed by atoms with Crippen molar-refractivity contribution < 1.29 is 5.11 Å². The third-order valence-corrected chi connectivity index (χ3v) is 3.66. The van der Waals surface area contributed by atoms with E-state index in [0.717, 1.165) is 44.6 Å². The van der Waals surface area contributed by atoms with E-state index in [2.05, 4.69) is 21.8 Å². The van der Waals surface area contributed by atoms with Crippen LogP contribution in [0.1, 0.15) is 44.9 Å². The minimum atomic E-state index is -0.484. The summed E-state index contributed by atoms with van der Waals surface area (Å²) in [4.78, 5) is 4.31. The van der Waals surface area contributed by atoms with Crippen molar-refractivity contribution >= 4 is 0 Å². The summed E-state index contributed by atoms with van der Waals surface area (Å²) in [5.74, 6) is 1.05. The van der Waals surface area contributed by atoms with E-state index in [-0.39, 0.29) is 0 Å². The molecule has 0 atom stereocenters. The Morgan fingerprint density at radius 2 is 2.18 bits per heavy atom. The number of imidazole rings is 1. The Bertz CT molecular complexity index is 342. The van der Waals surface area contributed by atoms with E-state index in [9.17, 15) is 5.11 Å². The van der Waals surface area contributed by atoms with Gasteiger partial charge in [0.05, 0.1) is 12.1 Å². The molecular weight excluding hydrogens is 214 g/mol. The predicted molar refractivity (Wildman–Crippen MR) is 67.6 cm³/mol. The molecule has 4 nitrogen and oxygen atoms in total. The summed E-state index contributed by atoms with van der Waals surface area (Å²) in [6.45, 7) is 4.48. The topological polar surface area (TPSA) is 50.1 Å². The Morgan fingerprint density at radius 3 is 2.88 bits per heavy atom. The number of hydrogen-bond donors (Lipinski definition) is 2. The molecule has 1 fully saturated rings. The summed E-state index contributed by atoms with van der Waals surface area (Å²) in [6, 6.07) is 0. The average molecular weight is 237 g/mol. The first-order valence-electron chi connectivity index (χ1n) is 6.67. The second-order valence-corrected chi connectivity index (χ2v) is 5.02. The molecular formula is C13H23N3O. The van der Waals surface area contributed by atoms with E-state index in [0.29, 0.717) is 6.54 Å². The van der Waals surface area contributed by atoms with Crippen LogP contribution < -0.4 is 5.32 Å². The number of nitrogens with zero attached hydrogens (tertiary/aromatic N) is 2. The van der Waals surface area contributed by atoms with Crippen LogP contribution >= 0.6 is 0 Å². The van der Waals surface area contributed by atoms with Crippen LogP contribution in [-0.2, 0) is 13.1 Å². The van der Waals surface area contributed by atoms with Gasteiger partial charge in [-0.2, -0.15) is 0 Å². The predicted octanol–water partition coefficient (Wildman–Crippen LogP) is 1.69. The van der Waals surface area contributed by atoms with E-state index in [1.807, 2.05) is 12.4 Å². The SMILES string of the molecule is CCn1ccnc1CNCC1(O)CCCCC1. The molecule has 1 aromatic heterocycles. The van der Waals surface area contributed by atoms with Crippen molar-refractivity contribution in [2.45, 2.75) is 57.7 Å². The highest BCUT2D eigenvalue weighted by Crippen LogP contribution is 2.27. The van der Waals surface area contributed by atoms with Gasteiger partial charge in [-0.05, 0) is 19.8 Å². The molecule has 1 aliphatic rings. The molecule has 0 spiro atoms. The molecule has 1 aliphatic carbocycles. The molecule has 0 unspecified atom stereocenters. The van der Waals surface area contributed by atoms with Crippen molar-refractivity contribution in [3.8, 4) is 0 Å². The maximum Gasteiger partial charge on any atom is 0.122 e. The summed E-state index contributed by atoms with van der Waals surface area (Å²) in [6.07, 6.45) is 9.26. The summed E-state index contributed by atoms with van der Waals surface area (Å²) in [7, 11) is 0. The molecule has 0 radical (unpaired) electrons. The van der Waals surface area contributed by atoms with E-state index in [1.165, 1.54) is 6.42 Å². The van der Waals surface area contributed by atoms with Gasteiger partial charge in [-0.3, -0.25) is 0 Å². The number of rotatable bonds is 5. The number of hydrogen-bond acceptors (Lipinski definition) is 3. The van der Waals surface area contributed by atoms with Crippen LogP contribution in [0, 0.1) is 0 Å². The Labute approximate surface area is 103 Å². The molecule has 1 aromatic rings. The van der Waals surface area contributed by atoms with Gasteiger partial charge in [-0.1, -0.05) is 19.3 Å². The summed E-state index contributed by atoms with van der Waals surface area (Å²) in [5.41, 5.74) is -0.484. The Kier molecular flexibility index (Phi) is 4.18. The molecule has 2 N–H and O–H groups in total. The van der Waals surface area contributed by atoms with Crippen LogP contribution in [0.5, 0.6) is 0 Å². The largest absolute Gasteiger partial charge is 0.389 e. The number of aliphatic hydroxyl groups is 1. The van der Waals surface area contributed by atoms with Gasteiger partial charge in [0, 0.05) is 25.5 Å². The van der Waals surface area contributed by atoms with Crippen LogP contribution in [0.25, 0.3) is 0 Å². The summed E-state index contributed by atoms with van der Waals surface area (Å²) >= 11 is 0. The van der Waals surface area contributed by atoms with Crippen LogP contribution in [0.4, 0.5) is 0 Å². The molecule has 1 saturated carbocycles. The lowest BCUT2D eigenvalue weighted by Crippen LogP contribution is -2.42. The number of aromatic nitrogens is 2. The first-order chi connectivity index (χ1) is 8.23. The number of aryl methyl sites for hydroxylation is 1. The minimum Gasteiger partial charge on any atom is -0.389 e. The number of nitrogens with one attached hydrogen (secondary N) is 1. The molecule has 96 valence electrons. The van der Waals surface area contributed by atoms with Gasteiger partial charge >= 0.3 is 0 Å². The van der Waals surface area contributed by atoms with Crippen molar-refractivity contribution in [1.29, 1.82) is 0 Å². The van der Waals surface area contributed by atoms with Crippen LogP contribution in [0.15, 0.2) is 12.4 Å². The standard InChI is InChI=1S/C13H23N3O/c1-2-16-9-8-15-12(16)10-14-11-13(17)6-4-3-5-7-13/h8-9,14,17H,2-7,10-11H2,1H3. The maximum atomic E-state index is 10.3. The Balaban J connectivity index is 1.79. The Hall–Kier alpha value is -0.870. The zero-order chi connectivity index (χ0) is 12.1. The van der Waals surface area contributed by atoms with Crippen molar-refractivity contribution in [2.24, 2.45) is 0 Å². The summed E-state index contributed by atoms with van der Waals surface area (Å²) in [5, 5.41) is 13.7. The second-order valence-electron chi connectivity index (χ2n) is 5.02. The average Bonchev–Trinajstić information content (AvgIpc) is 2.77. The third-order valence-electron chi connectivity index (χ3n) is 3.66. The van der Waals surface area contributed by atoms with E-state index >= 15 is 0 Å². The quantitative estimate of drug-likeness (QED) is 0.819. The zero-order valence-corrected chi connectivity index (χ0v) is 10.7. The maximum absolute atomic E-state index is 10.3. The van der Waals surface area contributed by atoms with Gasteiger partial charge in [0.1, 0.15) is 5.82 Å². The molecule has 0 amide bonds. The Morgan fingerprint density at radius 1 is 1.41 bits per heavy atom. The van der Waals surface area contributed by atoms with E-state index in [1.54, 1.807) is 0 Å². The van der Waals surface area contributed by atoms with E-state index < -0.39 is 5.60 Å². The lowest BCUT2D eigenvalue weighted by atomic mass is 9.85. The molecule has 2 rings (SSSR count). The fourth-order valence-electron chi connectivity index (χ4n) is 2.59. The lowest BCUT2D eigenvalue weighted by Gasteiger charge is -2.32. The van der Waals surface area contributed by atoms with Crippen LogP contribution in [0.2, 0.25) is 0 Å². The molecule has 1 heterocycles. The smallest absolute Gasteiger partial charge is 0.122 e. The van der Waals surface area contributed by atoms with Gasteiger partial charge in [0.2, 0.25) is 0 Å². The van der Waals surface area contributed by atoms with Crippen molar-refractivity contribution in [1.82, 2.24) is 14.9 Å². The van der Waals surface area contributed by atoms with Crippen molar-refractivity contribution in [3.05, 3.63) is 18.2 Å². The molecule has 0 bridgehead atoms. The van der Waals surface area contributed by atoms with Gasteiger partial charge in [-0.25, -0.2) is 4.98 Å². The van der Waals surface area contributed by atoms with Gasteiger partial charge in [0.25, 0.3) is 0 Å². The van der Waals surface area contributed by atoms with Gasteiger partial charge in [-0.15, -0.1) is 0 Å². The molecule has 0 aromatic carbocycles. The minimum absolute atomic E-state index is 0.484. The first kappa shape index (κ1) is 12.6. The molecule has 17 heavy (non-hydrogen) atoms. The monoisotopic (exact) mass is 237 g/mol. The molecule has 0 saturated heterocycles. The van der Waals surface area contributed by atoms with Crippen molar-refractivity contribution in [2.75, 3.05) is 6.54 Å². The third kappa shape index (κ3) is 3.30. The highest BCUT2D eigenvalue weighted by atomic mass is 16.3. The van der Waals surface area contributed by atoms with Crippen molar-refractivity contribution in [3.63, 3.8) is 0 Å². The molecule has 4 heteroatoms. The fourth-order valence-corrected chi connectivity index (χ4v) is 2.59. The lowest BCUT2D eigenvalue weighted by molar-refractivity contribution is 0.00451.